The minimum atomic E-state index is -2.77. The number of rotatable bonds is 4. The standard InChI is InChI=1S/C12H10BrF2NO2/c1-2-18-10(17)5-8-7(6-16)3-4-9(13)11(8)12(14)15/h3-4,12H,2,5H2,1H3. The van der Waals surface area contributed by atoms with Crippen LogP contribution in [0.4, 0.5) is 8.78 Å². The number of ether oxygens (including phenoxy) is 1. The molecule has 0 aliphatic carbocycles. The van der Waals surface area contributed by atoms with Crippen molar-refractivity contribution in [1.29, 1.82) is 5.26 Å². The number of hydrogen-bond acceptors (Lipinski definition) is 3. The first-order valence-corrected chi connectivity index (χ1v) is 5.95. The van der Waals surface area contributed by atoms with Gasteiger partial charge in [0.25, 0.3) is 6.43 Å². The molecule has 0 bridgehead atoms. The van der Waals surface area contributed by atoms with Crippen molar-refractivity contribution in [3.05, 3.63) is 33.3 Å². The lowest BCUT2D eigenvalue weighted by molar-refractivity contribution is -0.142. The molecule has 0 aliphatic rings. The van der Waals surface area contributed by atoms with E-state index in [4.69, 9.17) is 10.00 Å². The van der Waals surface area contributed by atoms with E-state index in [9.17, 15) is 13.6 Å². The van der Waals surface area contributed by atoms with E-state index in [1.54, 1.807) is 13.0 Å². The zero-order valence-corrected chi connectivity index (χ0v) is 11.1. The second-order valence-electron chi connectivity index (χ2n) is 3.38. The van der Waals surface area contributed by atoms with Crippen LogP contribution in [0.5, 0.6) is 0 Å². The van der Waals surface area contributed by atoms with Crippen LogP contribution in [0.2, 0.25) is 0 Å². The maximum Gasteiger partial charge on any atom is 0.310 e. The van der Waals surface area contributed by atoms with Crippen LogP contribution in [-0.4, -0.2) is 12.6 Å². The molecule has 0 atom stereocenters. The Kier molecular flexibility index (Phi) is 5.23. The van der Waals surface area contributed by atoms with E-state index >= 15 is 0 Å². The van der Waals surface area contributed by atoms with Gasteiger partial charge < -0.3 is 4.74 Å². The number of benzene rings is 1. The number of nitriles is 1. The van der Waals surface area contributed by atoms with Crippen LogP contribution in [0.1, 0.15) is 30.0 Å². The molecule has 0 amide bonds. The molecule has 0 N–H and O–H groups in total. The number of halogens is 3. The summed E-state index contributed by atoms with van der Waals surface area (Å²) in [5, 5.41) is 8.90. The van der Waals surface area contributed by atoms with Gasteiger partial charge in [-0.25, -0.2) is 8.78 Å². The number of alkyl halides is 2. The zero-order valence-electron chi connectivity index (χ0n) is 9.54. The summed E-state index contributed by atoms with van der Waals surface area (Å²) in [5.74, 6) is -0.631. The van der Waals surface area contributed by atoms with Crippen LogP contribution in [0, 0.1) is 11.3 Å². The second kappa shape index (κ2) is 6.45. The monoisotopic (exact) mass is 317 g/mol. The Morgan fingerprint density at radius 1 is 1.56 bits per heavy atom. The van der Waals surface area contributed by atoms with Crippen molar-refractivity contribution in [2.45, 2.75) is 19.8 Å². The molecule has 0 aliphatic heterocycles. The predicted octanol–water partition coefficient (Wildman–Crippen LogP) is 3.36. The van der Waals surface area contributed by atoms with Crippen LogP contribution in [0.3, 0.4) is 0 Å². The Balaban J connectivity index is 3.25. The molecule has 1 aromatic carbocycles. The maximum atomic E-state index is 12.9. The topological polar surface area (TPSA) is 50.1 Å². The van der Waals surface area contributed by atoms with E-state index < -0.39 is 12.4 Å². The molecule has 0 aromatic heterocycles. The molecule has 96 valence electrons. The van der Waals surface area contributed by atoms with Gasteiger partial charge in [-0.2, -0.15) is 5.26 Å². The van der Waals surface area contributed by atoms with Crippen molar-refractivity contribution in [3.63, 3.8) is 0 Å². The highest BCUT2D eigenvalue weighted by Crippen LogP contribution is 2.33. The van der Waals surface area contributed by atoms with Crippen LogP contribution in [-0.2, 0) is 16.0 Å². The van der Waals surface area contributed by atoms with Crippen molar-refractivity contribution < 1.29 is 18.3 Å². The molecule has 0 radical (unpaired) electrons. The third-order valence-electron chi connectivity index (χ3n) is 2.27. The Morgan fingerprint density at radius 3 is 2.72 bits per heavy atom. The summed E-state index contributed by atoms with van der Waals surface area (Å²) in [4.78, 5) is 11.4. The van der Waals surface area contributed by atoms with E-state index in [0.717, 1.165) is 0 Å². The van der Waals surface area contributed by atoms with E-state index in [1.807, 2.05) is 0 Å². The highest BCUT2D eigenvalue weighted by Gasteiger charge is 2.22. The molecule has 3 nitrogen and oxygen atoms in total. The molecular formula is C12H10BrF2NO2. The highest BCUT2D eigenvalue weighted by molar-refractivity contribution is 9.10. The van der Waals surface area contributed by atoms with Gasteiger partial charge in [0.2, 0.25) is 0 Å². The Hall–Kier alpha value is -1.48. The molecule has 0 spiro atoms. The second-order valence-corrected chi connectivity index (χ2v) is 4.24. The molecule has 0 saturated carbocycles. The van der Waals surface area contributed by atoms with E-state index in [1.165, 1.54) is 12.1 Å². The molecule has 0 unspecified atom stereocenters. The van der Waals surface area contributed by atoms with Gasteiger partial charge in [-0.05, 0) is 24.6 Å². The van der Waals surface area contributed by atoms with Crippen molar-refractivity contribution >= 4 is 21.9 Å². The zero-order chi connectivity index (χ0) is 13.7. The quantitative estimate of drug-likeness (QED) is 0.800. The number of carbonyl (C=O) groups excluding carboxylic acids is 1. The van der Waals surface area contributed by atoms with E-state index in [-0.39, 0.29) is 34.2 Å². The lowest BCUT2D eigenvalue weighted by atomic mass is 9.99. The van der Waals surface area contributed by atoms with Gasteiger partial charge in [0.05, 0.1) is 24.7 Å². The molecular weight excluding hydrogens is 308 g/mol. The Bertz CT molecular complexity index is 498. The van der Waals surface area contributed by atoms with Gasteiger partial charge in [0, 0.05) is 10.0 Å². The molecule has 1 aromatic rings. The van der Waals surface area contributed by atoms with Crippen molar-refractivity contribution in [3.8, 4) is 6.07 Å². The summed E-state index contributed by atoms with van der Waals surface area (Å²) < 4.78 is 30.8. The summed E-state index contributed by atoms with van der Waals surface area (Å²) in [6.45, 7) is 1.79. The Labute approximate surface area is 111 Å². The number of esters is 1. The SMILES string of the molecule is CCOC(=O)Cc1c(C#N)ccc(Br)c1C(F)F. The largest absolute Gasteiger partial charge is 0.466 e. The third kappa shape index (κ3) is 3.26. The maximum absolute atomic E-state index is 12.9. The molecule has 1 rings (SSSR count). The predicted molar refractivity (Wildman–Crippen MR) is 64.2 cm³/mol. The molecule has 18 heavy (non-hydrogen) atoms. The fourth-order valence-electron chi connectivity index (χ4n) is 1.52. The first kappa shape index (κ1) is 14.6. The van der Waals surface area contributed by atoms with E-state index in [0.29, 0.717) is 0 Å². The number of hydrogen-bond donors (Lipinski definition) is 0. The smallest absolute Gasteiger partial charge is 0.310 e. The normalized spacial score (nSPS) is 10.2. The van der Waals surface area contributed by atoms with Gasteiger partial charge in [-0.15, -0.1) is 0 Å². The third-order valence-corrected chi connectivity index (χ3v) is 2.96. The highest BCUT2D eigenvalue weighted by atomic mass is 79.9. The van der Waals surface area contributed by atoms with Gasteiger partial charge in [-0.3, -0.25) is 4.79 Å². The van der Waals surface area contributed by atoms with Gasteiger partial charge in [0.15, 0.2) is 0 Å². The lowest BCUT2D eigenvalue weighted by Crippen LogP contribution is -2.11. The van der Waals surface area contributed by atoms with Gasteiger partial charge in [-0.1, -0.05) is 15.9 Å². The van der Waals surface area contributed by atoms with Crippen LogP contribution < -0.4 is 0 Å². The first-order valence-electron chi connectivity index (χ1n) is 5.16. The summed E-state index contributed by atoms with van der Waals surface area (Å²) in [6.07, 6.45) is -3.10. The van der Waals surface area contributed by atoms with Crippen LogP contribution in [0.15, 0.2) is 16.6 Å². The van der Waals surface area contributed by atoms with Crippen LogP contribution in [0.25, 0.3) is 0 Å². The molecule has 0 fully saturated rings. The van der Waals surface area contributed by atoms with Crippen molar-refractivity contribution in [2.24, 2.45) is 0 Å². The minimum absolute atomic E-state index is 0.0142. The minimum Gasteiger partial charge on any atom is -0.466 e. The summed E-state index contributed by atoms with van der Waals surface area (Å²) in [5.41, 5.74) is -0.260. The van der Waals surface area contributed by atoms with Gasteiger partial charge in [0.1, 0.15) is 0 Å². The summed E-state index contributed by atoms with van der Waals surface area (Å²) >= 11 is 3.00. The fourth-order valence-corrected chi connectivity index (χ4v) is 2.07. The number of carbonyl (C=O) groups is 1. The van der Waals surface area contributed by atoms with Crippen molar-refractivity contribution in [2.75, 3.05) is 6.61 Å². The van der Waals surface area contributed by atoms with E-state index in [2.05, 4.69) is 15.9 Å². The Morgan fingerprint density at radius 2 is 2.22 bits per heavy atom. The average Bonchev–Trinajstić information content (AvgIpc) is 2.29. The molecule has 0 saturated heterocycles. The number of nitrogens with zero attached hydrogens (tertiary/aromatic N) is 1. The van der Waals surface area contributed by atoms with Crippen LogP contribution >= 0.6 is 15.9 Å². The van der Waals surface area contributed by atoms with Crippen molar-refractivity contribution in [1.82, 2.24) is 0 Å². The molecule has 0 heterocycles. The first-order chi connectivity index (χ1) is 8.51. The van der Waals surface area contributed by atoms with Gasteiger partial charge >= 0.3 is 5.97 Å². The summed E-state index contributed by atoms with van der Waals surface area (Å²) in [7, 11) is 0. The average molecular weight is 318 g/mol. The fraction of sp³-hybridized carbons (Fsp3) is 0.333. The lowest BCUT2D eigenvalue weighted by Gasteiger charge is -2.12. The summed E-state index contributed by atoms with van der Waals surface area (Å²) in [6, 6.07) is 4.57. The molecule has 6 heteroatoms.